The van der Waals surface area contributed by atoms with Crippen LogP contribution < -0.4 is 0 Å². The Kier molecular flexibility index (Phi) is 5.49. The average molecular weight is 293 g/mol. The first-order valence-electron chi connectivity index (χ1n) is 7.43. The van der Waals surface area contributed by atoms with E-state index >= 15 is 0 Å². The van der Waals surface area contributed by atoms with E-state index in [9.17, 15) is 4.39 Å². The second kappa shape index (κ2) is 7.56. The van der Waals surface area contributed by atoms with E-state index in [0.717, 1.165) is 16.8 Å². The van der Waals surface area contributed by atoms with Gasteiger partial charge >= 0.3 is 0 Å². The lowest BCUT2D eigenvalue weighted by Gasteiger charge is -2.21. The van der Waals surface area contributed by atoms with Gasteiger partial charge in [0.05, 0.1) is 12.4 Å². The Balaban J connectivity index is 2.49. The van der Waals surface area contributed by atoms with Crippen molar-refractivity contribution in [1.82, 2.24) is 0 Å². The highest BCUT2D eigenvalue weighted by atomic mass is 19.1. The maximum Gasteiger partial charge on any atom is 0.118 e. The van der Waals surface area contributed by atoms with Crippen LogP contribution in [0.5, 0.6) is 0 Å². The van der Waals surface area contributed by atoms with Crippen LogP contribution in [0.1, 0.15) is 30.9 Å². The van der Waals surface area contributed by atoms with Gasteiger partial charge in [-0.05, 0) is 19.8 Å². The van der Waals surface area contributed by atoms with E-state index in [-0.39, 0.29) is 6.67 Å². The van der Waals surface area contributed by atoms with E-state index in [0.29, 0.717) is 12.8 Å². The van der Waals surface area contributed by atoms with Crippen molar-refractivity contribution in [2.45, 2.75) is 25.3 Å². The van der Waals surface area contributed by atoms with Crippen LogP contribution in [0.3, 0.4) is 0 Å². The number of hydrogen-bond acceptors (Lipinski definition) is 1. The van der Waals surface area contributed by atoms with Crippen LogP contribution in [-0.2, 0) is 0 Å². The lowest BCUT2D eigenvalue weighted by atomic mass is 9.95. The SMILES string of the molecule is C#CC(C)(CCCF)N=C(c1ccccc1)c1ccccc1. The molecule has 0 aliphatic rings. The Morgan fingerprint density at radius 1 is 1.05 bits per heavy atom. The van der Waals surface area contributed by atoms with Crippen molar-refractivity contribution in [3.8, 4) is 12.3 Å². The second-order valence-electron chi connectivity index (χ2n) is 5.40. The summed E-state index contributed by atoms with van der Waals surface area (Å²) in [7, 11) is 0. The summed E-state index contributed by atoms with van der Waals surface area (Å²) in [5, 5.41) is 0. The van der Waals surface area contributed by atoms with Crippen molar-refractivity contribution in [1.29, 1.82) is 0 Å². The van der Waals surface area contributed by atoms with Gasteiger partial charge in [0, 0.05) is 11.1 Å². The van der Waals surface area contributed by atoms with E-state index in [1.807, 2.05) is 67.6 Å². The molecule has 2 heteroatoms. The molecule has 1 unspecified atom stereocenters. The molecule has 22 heavy (non-hydrogen) atoms. The third kappa shape index (κ3) is 4.05. The van der Waals surface area contributed by atoms with Crippen LogP contribution in [0.15, 0.2) is 65.7 Å². The number of aliphatic imine (C=N–C) groups is 1. The van der Waals surface area contributed by atoms with Gasteiger partial charge in [-0.1, -0.05) is 66.6 Å². The third-order valence-corrected chi connectivity index (χ3v) is 3.56. The number of nitrogens with zero attached hydrogens (tertiary/aromatic N) is 1. The van der Waals surface area contributed by atoms with Gasteiger partial charge in [-0.15, -0.1) is 6.42 Å². The number of halogens is 1. The molecule has 0 aromatic heterocycles. The maximum atomic E-state index is 12.5. The van der Waals surface area contributed by atoms with Crippen LogP contribution in [0.2, 0.25) is 0 Å². The summed E-state index contributed by atoms with van der Waals surface area (Å²) in [6.07, 6.45) is 6.62. The molecular weight excluding hydrogens is 273 g/mol. The predicted molar refractivity (Wildman–Crippen MR) is 91.0 cm³/mol. The number of rotatable bonds is 6. The van der Waals surface area contributed by atoms with Crippen molar-refractivity contribution in [2.75, 3.05) is 6.67 Å². The van der Waals surface area contributed by atoms with Crippen molar-refractivity contribution >= 4 is 5.71 Å². The zero-order chi connectivity index (χ0) is 15.8. The van der Waals surface area contributed by atoms with E-state index in [2.05, 4.69) is 5.92 Å². The fraction of sp³-hybridized carbons (Fsp3) is 0.250. The molecule has 0 aliphatic carbocycles. The fourth-order valence-electron chi connectivity index (χ4n) is 2.31. The first-order valence-corrected chi connectivity index (χ1v) is 7.43. The van der Waals surface area contributed by atoms with Gasteiger partial charge < -0.3 is 0 Å². The first-order chi connectivity index (χ1) is 10.7. The Bertz CT molecular complexity index is 614. The first kappa shape index (κ1) is 16.0. The minimum atomic E-state index is -0.701. The van der Waals surface area contributed by atoms with Crippen LogP contribution in [-0.4, -0.2) is 17.9 Å². The molecule has 1 atom stereocenters. The van der Waals surface area contributed by atoms with Crippen molar-refractivity contribution < 1.29 is 4.39 Å². The molecule has 112 valence electrons. The van der Waals surface area contributed by atoms with Gasteiger partial charge in [0.25, 0.3) is 0 Å². The molecule has 0 saturated heterocycles. The number of hydrogen-bond donors (Lipinski definition) is 0. The van der Waals surface area contributed by atoms with Crippen LogP contribution >= 0.6 is 0 Å². The summed E-state index contributed by atoms with van der Waals surface area (Å²) < 4.78 is 12.5. The normalized spacial score (nSPS) is 13.0. The Hall–Kier alpha value is -2.40. The number of benzene rings is 2. The van der Waals surface area contributed by atoms with Gasteiger partial charge in [-0.2, -0.15) is 0 Å². The third-order valence-electron chi connectivity index (χ3n) is 3.56. The lowest BCUT2D eigenvalue weighted by molar-refractivity contribution is 0.424. The van der Waals surface area contributed by atoms with E-state index in [1.165, 1.54) is 0 Å². The molecule has 1 nitrogen and oxygen atoms in total. The van der Waals surface area contributed by atoms with E-state index < -0.39 is 5.54 Å². The molecule has 0 heterocycles. The molecule has 0 amide bonds. The summed E-state index contributed by atoms with van der Waals surface area (Å²) in [6, 6.07) is 19.9. The fourth-order valence-corrected chi connectivity index (χ4v) is 2.31. The highest BCUT2D eigenvalue weighted by Crippen LogP contribution is 2.21. The van der Waals surface area contributed by atoms with E-state index in [1.54, 1.807) is 0 Å². The van der Waals surface area contributed by atoms with Crippen LogP contribution in [0.4, 0.5) is 4.39 Å². The minimum absolute atomic E-state index is 0.376. The summed E-state index contributed by atoms with van der Waals surface area (Å²) in [5.41, 5.74) is 2.17. The molecule has 0 saturated carbocycles. The molecule has 0 N–H and O–H groups in total. The van der Waals surface area contributed by atoms with Crippen molar-refractivity contribution in [2.24, 2.45) is 4.99 Å². The maximum absolute atomic E-state index is 12.5. The van der Waals surface area contributed by atoms with E-state index in [4.69, 9.17) is 11.4 Å². The lowest BCUT2D eigenvalue weighted by Crippen LogP contribution is -2.23. The Morgan fingerprint density at radius 3 is 1.95 bits per heavy atom. The Labute approximate surface area is 131 Å². The number of alkyl halides is 1. The summed E-state index contributed by atoms with van der Waals surface area (Å²) >= 11 is 0. The molecule has 0 radical (unpaired) electrons. The smallest absolute Gasteiger partial charge is 0.118 e. The largest absolute Gasteiger partial charge is 0.265 e. The molecule has 0 fully saturated rings. The second-order valence-corrected chi connectivity index (χ2v) is 5.40. The molecule has 0 bridgehead atoms. The highest BCUT2D eigenvalue weighted by Gasteiger charge is 2.21. The van der Waals surface area contributed by atoms with Gasteiger partial charge in [0.1, 0.15) is 5.54 Å². The molecule has 2 aromatic rings. The van der Waals surface area contributed by atoms with Crippen LogP contribution in [0, 0.1) is 12.3 Å². The monoisotopic (exact) mass is 293 g/mol. The van der Waals surface area contributed by atoms with Crippen LogP contribution in [0.25, 0.3) is 0 Å². The quantitative estimate of drug-likeness (QED) is 0.542. The topological polar surface area (TPSA) is 12.4 Å². The molecule has 0 spiro atoms. The zero-order valence-corrected chi connectivity index (χ0v) is 12.8. The predicted octanol–water partition coefficient (Wildman–Crippen LogP) is 4.67. The summed E-state index contributed by atoms with van der Waals surface area (Å²) in [6.45, 7) is 1.51. The van der Waals surface area contributed by atoms with Crippen molar-refractivity contribution in [3.63, 3.8) is 0 Å². The zero-order valence-electron chi connectivity index (χ0n) is 12.8. The molecule has 0 aliphatic heterocycles. The van der Waals surface area contributed by atoms with Crippen molar-refractivity contribution in [3.05, 3.63) is 71.8 Å². The molecule has 2 rings (SSSR count). The minimum Gasteiger partial charge on any atom is -0.265 e. The highest BCUT2D eigenvalue weighted by molar-refractivity contribution is 6.13. The van der Waals surface area contributed by atoms with Gasteiger partial charge in [-0.25, -0.2) is 0 Å². The van der Waals surface area contributed by atoms with Gasteiger partial charge in [0.15, 0.2) is 0 Å². The molecular formula is C20H20FN. The standard InChI is InChI=1S/C20H20FN/c1-3-20(2,15-10-16-21)22-19(17-11-6-4-7-12-17)18-13-8-5-9-14-18/h1,4-9,11-14H,10,15-16H2,2H3. The van der Waals surface area contributed by atoms with Gasteiger partial charge in [0.2, 0.25) is 0 Å². The summed E-state index contributed by atoms with van der Waals surface area (Å²) in [4.78, 5) is 4.82. The Morgan fingerprint density at radius 2 is 1.55 bits per heavy atom. The average Bonchev–Trinajstić information content (AvgIpc) is 2.59. The van der Waals surface area contributed by atoms with Gasteiger partial charge in [-0.3, -0.25) is 9.38 Å². The number of terminal acetylenes is 1. The molecule has 2 aromatic carbocycles. The summed E-state index contributed by atoms with van der Waals surface area (Å²) in [5.74, 6) is 2.73.